The van der Waals surface area contributed by atoms with Crippen LogP contribution in [0.2, 0.25) is 0 Å². The highest BCUT2D eigenvalue weighted by molar-refractivity contribution is 9.09. The van der Waals surface area contributed by atoms with Crippen molar-refractivity contribution < 1.29 is 27.3 Å². The van der Waals surface area contributed by atoms with Crippen LogP contribution >= 0.6 is 15.9 Å². The molecule has 0 aliphatic heterocycles. The average molecular weight is 480 g/mol. The maximum Gasteiger partial charge on any atom is 0.422 e. The molecule has 154 valence electrons. The second kappa shape index (κ2) is 8.04. The number of aliphatic hydroxyl groups excluding tert-OH is 1. The summed E-state index contributed by atoms with van der Waals surface area (Å²) in [5.41, 5.74) is -0.0144. The first kappa shape index (κ1) is 20.3. The Morgan fingerprint density at radius 1 is 0.933 bits per heavy atom. The van der Waals surface area contributed by atoms with Crippen molar-refractivity contribution in [2.24, 2.45) is 0 Å². The molecule has 1 atom stereocenters. The summed E-state index contributed by atoms with van der Waals surface area (Å²) in [5, 5.41) is 17.5. The molecule has 4 aromatic rings. The Labute approximate surface area is 176 Å². The summed E-state index contributed by atoms with van der Waals surface area (Å²) in [6.45, 7) is 0. The van der Waals surface area contributed by atoms with Crippen molar-refractivity contribution in [3.63, 3.8) is 0 Å². The minimum atomic E-state index is -4.75. The van der Waals surface area contributed by atoms with Gasteiger partial charge in [0.05, 0.1) is 6.10 Å². The molecule has 2 aromatic carbocycles. The SMILES string of the molecule is OC(CBr)c1ccc(-c2noc(-c3onc(-c4ccccc4)c3C(F)(F)F)n2)cc1. The van der Waals surface area contributed by atoms with Gasteiger partial charge in [-0.15, -0.1) is 0 Å². The van der Waals surface area contributed by atoms with Crippen LogP contribution in [0.25, 0.3) is 34.3 Å². The monoisotopic (exact) mass is 479 g/mol. The van der Waals surface area contributed by atoms with E-state index in [1.165, 1.54) is 12.1 Å². The van der Waals surface area contributed by atoms with Gasteiger partial charge in [-0.1, -0.05) is 80.8 Å². The molecular formula is C20H13BrF3N3O3. The molecule has 0 saturated heterocycles. The van der Waals surface area contributed by atoms with E-state index in [-0.39, 0.29) is 17.1 Å². The highest BCUT2D eigenvalue weighted by Gasteiger charge is 2.42. The van der Waals surface area contributed by atoms with Gasteiger partial charge in [-0.2, -0.15) is 18.2 Å². The van der Waals surface area contributed by atoms with Gasteiger partial charge in [0, 0.05) is 16.5 Å². The number of nitrogens with zero attached hydrogens (tertiary/aromatic N) is 3. The largest absolute Gasteiger partial charge is 0.422 e. The van der Waals surface area contributed by atoms with E-state index in [4.69, 9.17) is 9.05 Å². The van der Waals surface area contributed by atoms with E-state index in [0.29, 0.717) is 16.5 Å². The molecule has 6 nitrogen and oxygen atoms in total. The summed E-state index contributed by atoms with van der Waals surface area (Å²) >= 11 is 3.19. The van der Waals surface area contributed by atoms with E-state index in [1.54, 1.807) is 42.5 Å². The molecule has 2 aromatic heterocycles. The van der Waals surface area contributed by atoms with Crippen molar-refractivity contribution in [1.82, 2.24) is 15.3 Å². The van der Waals surface area contributed by atoms with Crippen LogP contribution in [0.3, 0.4) is 0 Å². The summed E-state index contributed by atoms with van der Waals surface area (Å²) in [6.07, 6.45) is -5.43. The minimum Gasteiger partial charge on any atom is -0.388 e. The van der Waals surface area contributed by atoms with E-state index < -0.39 is 29.5 Å². The molecule has 0 aliphatic rings. The van der Waals surface area contributed by atoms with Gasteiger partial charge in [0.15, 0.2) is 0 Å². The third-order valence-corrected chi connectivity index (χ3v) is 4.96. The third-order valence-electron chi connectivity index (χ3n) is 4.34. The molecule has 10 heteroatoms. The molecule has 0 fully saturated rings. The average Bonchev–Trinajstić information content (AvgIpc) is 3.41. The number of aliphatic hydroxyl groups is 1. The van der Waals surface area contributed by atoms with Gasteiger partial charge in [0.1, 0.15) is 11.3 Å². The summed E-state index contributed by atoms with van der Waals surface area (Å²) in [5.74, 6) is -1.00. The zero-order valence-electron chi connectivity index (χ0n) is 15.1. The van der Waals surface area contributed by atoms with Crippen LogP contribution in [-0.4, -0.2) is 25.7 Å². The maximum absolute atomic E-state index is 13.8. The molecule has 4 rings (SSSR count). The predicted molar refractivity (Wildman–Crippen MR) is 104 cm³/mol. The van der Waals surface area contributed by atoms with E-state index in [1.807, 2.05) is 0 Å². The summed E-state index contributed by atoms with van der Waals surface area (Å²) < 4.78 is 51.3. The fourth-order valence-electron chi connectivity index (χ4n) is 2.87. The van der Waals surface area contributed by atoms with Gasteiger partial charge in [-0.05, 0) is 5.56 Å². The van der Waals surface area contributed by atoms with Crippen molar-refractivity contribution in [3.8, 4) is 34.3 Å². The molecule has 0 spiro atoms. The Hall–Kier alpha value is -2.98. The Balaban J connectivity index is 1.73. The number of hydrogen-bond donors (Lipinski definition) is 1. The zero-order valence-corrected chi connectivity index (χ0v) is 16.7. The topological polar surface area (TPSA) is 85.2 Å². The van der Waals surface area contributed by atoms with Gasteiger partial charge in [-0.25, -0.2) is 0 Å². The number of hydrogen-bond acceptors (Lipinski definition) is 6. The normalized spacial score (nSPS) is 12.8. The van der Waals surface area contributed by atoms with Crippen LogP contribution in [0.1, 0.15) is 17.2 Å². The van der Waals surface area contributed by atoms with Crippen LogP contribution < -0.4 is 0 Å². The summed E-state index contributed by atoms with van der Waals surface area (Å²) in [7, 11) is 0. The maximum atomic E-state index is 13.8. The molecule has 0 bridgehead atoms. The Bertz CT molecular complexity index is 1140. The molecule has 0 aliphatic carbocycles. The molecule has 0 saturated carbocycles. The van der Waals surface area contributed by atoms with Gasteiger partial charge >= 0.3 is 6.18 Å². The first-order valence-corrected chi connectivity index (χ1v) is 9.81. The molecule has 0 radical (unpaired) electrons. The van der Waals surface area contributed by atoms with Crippen molar-refractivity contribution in [1.29, 1.82) is 0 Å². The molecule has 1 unspecified atom stereocenters. The van der Waals surface area contributed by atoms with E-state index in [9.17, 15) is 18.3 Å². The van der Waals surface area contributed by atoms with Crippen molar-refractivity contribution >= 4 is 15.9 Å². The van der Waals surface area contributed by atoms with Crippen molar-refractivity contribution in [2.45, 2.75) is 12.3 Å². The lowest BCUT2D eigenvalue weighted by molar-refractivity contribution is -0.136. The molecule has 1 N–H and O–H groups in total. The van der Waals surface area contributed by atoms with Gasteiger partial charge < -0.3 is 14.2 Å². The van der Waals surface area contributed by atoms with Gasteiger partial charge in [0.25, 0.3) is 5.89 Å². The lowest BCUT2D eigenvalue weighted by Crippen LogP contribution is -2.07. The minimum absolute atomic E-state index is 0.0793. The number of aromatic nitrogens is 3. The Morgan fingerprint density at radius 2 is 1.63 bits per heavy atom. The summed E-state index contributed by atoms with van der Waals surface area (Å²) in [4.78, 5) is 4.04. The van der Waals surface area contributed by atoms with Crippen LogP contribution in [0.5, 0.6) is 0 Å². The highest BCUT2D eigenvalue weighted by Crippen LogP contribution is 2.43. The first-order chi connectivity index (χ1) is 14.4. The standard InChI is InChI=1S/C20H13BrF3N3O3/c21-10-14(28)11-6-8-13(9-7-11)18-25-19(30-27-18)17-15(20(22,23)24)16(26-29-17)12-4-2-1-3-5-12/h1-9,14,28H,10H2. The Morgan fingerprint density at radius 3 is 2.27 bits per heavy atom. The van der Waals surface area contributed by atoms with Crippen molar-refractivity contribution in [3.05, 3.63) is 65.7 Å². The van der Waals surface area contributed by atoms with Crippen LogP contribution in [0.4, 0.5) is 13.2 Å². The van der Waals surface area contributed by atoms with Gasteiger partial charge in [0.2, 0.25) is 11.6 Å². The van der Waals surface area contributed by atoms with E-state index in [2.05, 4.69) is 31.2 Å². The lowest BCUT2D eigenvalue weighted by Gasteiger charge is -2.07. The summed E-state index contributed by atoms with van der Waals surface area (Å²) in [6, 6.07) is 14.5. The number of benzene rings is 2. The first-order valence-electron chi connectivity index (χ1n) is 8.69. The number of rotatable bonds is 5. The lowest BCUT2D eigenvalue weighted by atomic mass is 10.1. The van der Waals surface area contributed by atoms with Crippen LogP contribution in [0.15, 0.2) is 63.6 Å². The second-order valence-corrected chi connectivity index (χ2v) is 6.96. The number of alkyl halides is 4. The molecule has 0 amide bonds. The highest BCUT2D eigenvalue weighted by atomic mass is 79.9. The molecular weight excluding hydrogens is 467 g/mol. The Kier molecular flexibility index (Phi) is 5.44. The van der Waals surface area contributed by atoms with E-state index >= 15 is 0 Å². The van der Waals surface area contributed by atoms with Gasteiger partial charge in [-0.3, -0.25) is 0 Å². The molecule has 2 heterocycles. The molecule has 30 heavy (non-hydrogen) atoms. The van der Waals surface area contributed by atoms with Crippen LogP contribution in [0, 0.1) is 0 Å². The third kappa shape index (κ3) is 3.88. The quantitative estimate of drug-likeness (QED) is 0.380. The van der Waals surface area contributed by atoms with Crippen molar-refractivity contribution in [2.75, 3.05) is 5.33 Å². The number of halogens is 4. The fourth-order valence-corrected chi connectivity index (χ4v) is 3.24. The zero-order chi connectivity index (χ0) is 21.3. The fraction of sp³-hybridized carbons (Fsp3) is 0.150. The van der Waals surface area contributed by atoms with Crippen LogP contribution in [-0.2, 0) is 6.18 Å². The predicted octanol–water partition coefficient (Wildman–Crippen LogP) is 5.51. The second-order valence-electron chi connectivity index (χ2n) is 6.31. The smallest absolute Gasteiger partial charge is 0.388 e. The van der Waals surface area contributed by atoms with E-state index in [0.717, 1.165) is 0 Å².